The second-order valence-corrected chi connectivity index (χ2v) is 11.3. The van der Waals surface area contributed by atoms with E-state index in [1.54, 1.807) is 36.2 Å². The van der Waals surface area contributed by atoms with E-state index in [0.717, 1.165) is 32.1 Å². The average Bonchev–Trinajstić information content (AvgIpc) is 2.88. The predicted molar refractivity (Wildman–Crippen MR) is 129 cm³/mol. The number of ketones is 1. The van der Waals surface area contributed by atoms with Crippen LogP contribution < -0.4 is 0 Å². The van der Waals surface area contributed by atoms with Gasteiger partial charge in [0.05, 0.1) is 4.90 Å². The van der Waals surface area contributed by atoms with Crippen LogP contribution in [0.2, 0.25) is 0 Å². The molecule has 1 heterocycles. The van der Waals surface area contributed by atoms with Crippen LogP contribution in [-0.2, 0) is 10.0 Å². The summed E-state index contributed by atoms with van der Waals surface area (Å²) in [6, 6.07) is 12.5. The first kappa shape index (κ1) is 24.4. The second-order valence-electron chi connectivity index (χ2n) is 9.32. The first-order chi connectivity index (χ1) is 16.3. The summed E-state index contributed by atoms with van der Waals surface area (Å²) in [7, 11) is -1.95. The van der Waals surface area contributed by atoms with Gasteiger partial charge >= 0.3 is 0 Å². The minimum absolute atomic E-state index is 0.0312. The number of sulfonamides is 1. The molecule has 2 aromatic carbocycles. The fourth-order valence-electron chi connectivity index (χ4n) is 4.97. The average molecular weight is 485 g/mol. The van der Waals surface area contributed by atoms with E-state index in [-0.39, 0.29) is 34.3 Å². The van der Waals surface area contributed by atoms with Crippen LogP contribution in [0.25, 0.3) is 0 Å². The molecule has 4 rings (SSSR count). The first-order valence-electron chi connectivity index (χ1n) is 12.0. The van der Waals surface area contributed by atoms with E-state index in [1.807, 2.05) is 0 Å². The Balaban J connectivity index is 1.36. The van der Waals surface area contributed by atoms with Crippen molar-refractivity contribution in [2.24, 2.45) is 5.92 Å². The monoisotopic (exact) mass is 484 g/mol. The van der Waals surface area contributed by atoms with Gasteiger partial charge in [-0.2, -0.15) is 4.31 Å². The van der Waals surface area contributed by atoms with Crippen molar-refractivity contribution in [1.29, 1.82) is 0 Å². The Morgan fingerprint density at radius 3 is 2.00 bits per heavy atom. The molecule has 1 amide bonds. The number of Topliss-reactive ketones (excluding diaryl/α,β-unsaturated/α-hetero) is 1. The van der Waals surface area contributed by atoms with E-state index in [1.165, 1.54) is 28.6 Å². The van der Waals surface area contributed by atoms with Crippen molar-refractivity contribution in [3.8, 4) is 5.75 Å². The second kappa shape index (κ2) is 10.3. The number of phenolic OH excluding ortho intramolecular Hbond substituents is 1. The Labute approximate surface area is 201 Å². The molecular formula is C26H32N2O5S. The van der Waals surface area contributed by atoms with Crippen LogP contribution in [0.3, 0.4) is 0 Å². The van der Waals surface area contributed by atoms with Gasteiger partial charge in [-0.05, 0) is 74.2 Å². The van der Waals surface area contributed by atoms with Gasteiger partial charge in [0.2, 0.25) is 10.0 Å². The zero-order valence-corrected chi connectivity index (χ0v) is 20.3. The van der Waals surface area contributed by atoms with E-state index in [9.17, 15) is 23.1 Å². The van der Waals surface area contributed by atoms with Gasteiger partial charge in [-0.3, -0.25) is 9.59 Å². The van der Waals surface area contributed by atoms with Gasteiger partial charge in [0.25, 0.3) is 5.91 Å². The number of carbonyl (C=O) groups excluding carboxylic acids is 2. The van der Waals surface area contributed by atoms with Crippen molar-refractivity contribution >= 4 is 21.7 Å². The number of amides is 1. The van der Waals surface area contributed by atoms with Crippen LogP contribution in [0.4, 0.5) is 0 Å². The number of hydrogen-bond donors (Lipinski definition) is 1. The molecule has 182 valence electrons. The highest BCUT2D eigenvalue weighted by Gasteiger charge is 2.31. The summed E-state index contributed by atoms with van der Waals surface area (Å²) >= 11 is 0. The van der Waals surface area contributed by atoms with Gasteiger partial charge in [0.15, 0.2) is 5.78 Å². The molecule has 7 nitrogen and oxygen atoms in total. The van der Waals surface area contributed by atoms with E-state index < -0.39 is 10.0 Å². The maximum Gasteiger partial charge on any atom is 0.253 e. The highest BCUT2D eigenvalue weighted by molar-refractivity contribution is 7.89. The molecule has 0 atom stereocenters. The molecule has 8 heteroatoms. The molecule has 0 radical (unpaired) electrons. The van der Waals surface area contributed by atoms with Crippen molar-refractivity contribution in [2.45, 2.75) is 55.9 Å². The number of likely N-dealkylation sites (tertiary alicyclic amines) is 1. The molecule has 1 aliphatic heterocycles. The van der Waals surface area contributed by atoms with Gasteiger partial charge < -0.3 is 10.0 Å². The number of hydrogen-bond acceptors (Lipinski definition) is 5. The van der Waals surface area contributed by atoms with E-state index >= 15 is 0 Å². The summed E-state index contributed by atoms with van der Waals surface area (Å²) in [6.45, 7) is 0.940. The lowest BCUT2D eigenvalue weighted by Crippen LogP contribution is -2.40. The third kappa shape index (κ3) is 5.18. The lowest BCUT2D eigenvalue weighted by molar-refractivity contribution is 0.0650. The van der Waals surface area contributed by atoms with Crippen molar-refractivity contribution in [2.75, 3.05) is 20.1 Å². The number of benzene rings is 2. The lowest BCUT2D eigenvalue weighted by atomic mass is 9.88. The molecule has 2 aliphatic rings. The van der Waals surface area contributed by atoms with Crippen LogP contribution in [0, 0.1) is 5.92 Å². The summed E-state index contributed by atoms with van der Waals surface area (Å²) in [6.07, 6.45) is 6.18. The SMILES string of the molecule is CN(C1CCCCC1)S(=O)(=O)c1ccc(C(=O)N2CCC(C(=O)c3ccc(O)cc3)CC2)cc1. The summed E-state index contributed by atoms with van der Waals surface area (Å²) < 4.78 is 27.6. The Kier molecular flexibility index (Phi) is 7.38. The molecule has 1 saturated carbocycles. The highest BCUT2D eigenvalue weighted by atomic mass is 32.2. The molecule has 2 fully saturated rings. The fourth-order valence-corrected chi connectivity index (χ4v) is 6.38. The molecule has 1 aliphatic carbocycles. The Bertz CT molecular complexity index is 1110. The zero-order valence-electron chi connectivity index (χ0n) is 19.5. The van der Waals surface area contributed by atoms with Crippen LogP contribution in [-0.4, -0.2) is 60.6 Å². The molecule has 2 aromatic rings. The largest absolute Gasteiger partial charge is 0.508 e. The van der Waals surface area contributed by atoms with Crippen molar-refractivity contribution in [3.63, 3.8) is 0 Å². The summed E-state index contributed by atoms with van der Waals surface area (Å²) in [5.74, 6) is -0.156. The van der Waals surface area contributed by atoms with Crippen molar-refractivity contribution < 1.29 is 23.1 Å². The minimum atomic E-state index is -3.60. The minimum Gasteiger partial charge on any atom is -0.508 e. The molecule has 1 saturated heterocycles. The number of piperidine rings is 1. The maximum absolute atomic E-state index is 13.0. The highest BCUT2D eigenvalue weighted by Crippen LogP contribution is 2.27. The van der Waals surface area contributed by atoms with Crippen LogP contribution in [0.1, 0.15) is 65.7 Å². The zero-order chi connectivity index (χ0) is 24.3. The summed E-state index contributed by atoms with van der Waals surface area (Å²) in [5, 5.41) is 9.41. The molecule has 0 spiro atoms. The number of phenols is 1. The predicted octanol–water partition coefficient (Wildman–Crippen LogP) is 4.08. The van der Waals surface area contributed by atoms with E-state index in [4.69, 9.17) is 0 Å². The quantitative estimate of drug-likeness (QED) is 0.624. The summed E-state index contributed by atoms with van der Waals surface area (Å²) in [5.41, 5.74) is 1.01. The van der Waals surface area contributed by atoms with Gasteiger partial charge in [-0.1, -0.05) is 19.3 Å². The fraction of sp³-hybridized carbons (Fsp3) is 0.462. The Morgan fingerprint density at radius 1 is 0.853 bits per heavy atom. The number of aromatic hydroxyl groups is 1. The third-order valence-corrected chi connectivity index (χ3v) is 9.10. The van der Waals surface area contributed by atoms with Crippen LogP contribution in [0.5, 0.6) is 5.75 Å². The number of nitrogens with zero attached hydrogens (tertiary/aromatic N) is 2. The van der Waals surface area contributed by atoms with Gasteiger partial charge in [-0.25, -0.2) is 8.42 Å². The molecule has 0 aromatic heterocycles. The normalized spacial score (nSPS) is 18.2. The molecule has 1 N–H and O–H groups in total. The molecule has 0 unspecified atom stereocenters. The van der Waals surface area contributed by atoms with Crippen LogP contribution >= 0.6 is 0 Å². The molecular weight excluding hydrogens is 452 g/mol. The van der Waals surface area contributed by atoms with Gasteiger partial charge in [0, 0.05) is 43.2 Å². The van der Waals surface area contributed by atoms with E-state index in [2.05, 4.69) is 0 Å². The first-order valence-corrected chi connectivity index (χ1v) is 13.4. The van der Waals surface area contributed by atoms with Gasteiger partial charge in [0.1, 0.15) is 5.75 Å². The van der Waals surface area contributed by atoms with Crippen LogP contribution in [0.15, 0.2) is 53.4 Å². The Morgan fingerprint density at radius 2 is 1.41 bits per heavy atom. The number of carbonyl (C=O) groups is 2. The van der Waals surface area contributed by atoms with Gasteiger partial charge in [-0.15, -0.1) is 0 Å². The third-order valence-electron chi connectivity index (χ3n) is 7.17. The smallest absolute Gasteiger partial charge is 0.253 e. The maximum atomic E-state index is 13.0. The number of rotatable bonds is 6. The summed E-state index contributed by atoms with van der Waals surface area (Å²) in [4.78, 5) is 27.6. The van der Waals surface area contributed by atoms with E-state index in [0.29, 0.717) is 37.1 Å². The van der Waals surface area contributed by atoms with Crippen molar-refractivity contribution in [3.05, 3.63) is 59.7 Å². The molecule has 0 bridgehead atoms. The lowest BCUT2D eigenvalue weighted by Gasteiger charge is -2.31. The van der Waals surface area contributed by atoms with Crippen molar-refractivity contribution in [1.82, 2.24) is 9.21 Å². The molecule has 34 heavy (non-hydrogen) atoms. The standard InChI is InChI=1S/C26H32N2O5S/c1-27(22-5-3-2-4-6-22)34(32,33)24-13-9-21(10-14-24)26(31)28-17-15-20(16-18-28)25(30)19-7-11-23(29)12-8-19/h7-14,20,22,29H,2-6,15-18H2,1H3. The topological polar surface area (TPSA) is 95.0 Å². The Hall–Kier alpha value is -2.71.